The van der Waals surface area contributed by atoms with E-state index in [0.717, 1.165) is 11.1 Å². The zero-order chi connectivity index (χ0) is 20.6. The lowest BCUT2D eigenvalue weighted by molar-refractivity contribution is 0.213. The lowest BCUT2D eigenvalue weighted by Crippen LogP contribution is -2.18. The number of hydrogen-bond donors (Lipinski definition) is 2. The quantitative estimate of drug-likeness (QED) is 0.785. The highest BCUT2D eigenvalue weighted by Gasteiger charge is 2.28. The molecule has 148 valence electrons. The Morgan fingerprint density at radius 3 is 1.70 bits per heavy atom. The first-order chi connectivity index (χ1) is 12.4. The first-order valence-corrected chi connectivity index (χ1v) is 9.17. The van der Waals surface area contributed by atoms with Gasteiger partial charge in [-0.1, -0.05) is 47.6 Å². The van der Waals surface area contributed by atoms with Crippen LogP contribution in [0.4, 0.5) is 0 Å². The van der Waals surface area contributed by atoms with Gasteiger partial charge in [0.1, 0.15) is 23.4 Å². The van der Waals surface area contributed by atoms with Crippen LogP contribution < -0.4 is 9.47 Å². The second-order valence-corrected chi connectivity index (χ2v) is 9.01. The van der Waals surface area contributed by atoms with Crippen molar-refractivity contribution in [1.29, 1.82) is 0 Å². The number of aliphatic hydroxyl groups excluding tert-OH is 1. The topological polar surface area (TPSA) is 58.9 Å². The summed E-state index contributed by atoms with van der Waals surface area (Å²) < 4.78 is 10.6. The lowest BCUT2D eigenvalue weighted by atomic mass is 9.78. The maximum Gasteiger partial charge on any atom is 0.125 e. The molecular formula is C23H32O4. The molecule has 27 heavy (non-hydrogen) atoms. The number of hydrogen-bond acceptors (Lipinski definition) is 4. The normalized spacial score (nSPS) is 13.4. The third-order valence-electron chi connectivity index (χ3n) is 4.80. The Morgan fingerprint density at radius 2 is 1.30 bits per heavy atom. The molecule has 0 aromatic heterocycles. The second-order valence-electron chi connectivity index (χ2n) is 9.01. The fourth-order valence-corrected chi connectivity index (χ4v) is 3.04. The van der Waals surface area contributed by atoms with Gasteiger partial charge in [-0.15, -0.1) is 0 Å². The monoisotopic (exact) mass is 372 g/mol. The molecule has 0 bridgehead atoms. The molecule has 0 aliphatic carbocycles. The summed E-state index contributed by atoms with van der Waals surface area (Å²) in [6.45, 7) is 12.5. The van der Waals surface area contributed by atoms with E-state index < -0.39 is 6.10 Å². The van der Waals surface area contributed by atoms with Gasteiger partial charge < -0.3 is 19.7 Å². The fraction of sp³-hybridized carbons (Fsp3) is 0.478. The Balaban J connectivity index is 2.70. The zero-order valence-electron chi connectivity index (χ0n) is 17.7. The van der Waals surface area contributed by atoms with Crippen molar-refractivity contribution in [2.24, 2.45) is 0 Å². The summed E-state index contributed by atoms with van der Waals surface area (Å²) in [7, 11) is 3.14. The molecule has 2 aromatic rings. The molecule has 0 saturated carbocycles. The molecule has 0 aliphatic rings. The minimum Gasteiger partial charge on any atom is -0.507 e. The minimum absolute atomic E-state index is 0.117. The third-order valence-corrected chi connectivity index (χ3v) is 4.80. The van der Waals surface area contributed by atoms with Crippen LogP contribution in [0.1, 0.15) is 69.9 Å². The molecule has 0 heterocycles. The standard InChI is InChI=1S/C23H32O4/c1-22(2,3)15-11-18(21(25)19(12-15)23(4,5)6)20(24)14-9-16(26-7)13-17(10-14)27-8/h9-13,20,24-25H,1-8H3. The molecule has 0 fully saturated rings. The molecule has 0 saturated heterocycles. The maximum absolute atomic E-state index is 11.1. The lowest BCUT2D eigenvalue weighted by Gasteiger charge is -2.29. The number of ether oxygens (including phenoxy) is 2. The first-order valence-electron chi connectivity index (χ1n) is 9.17. The van der Waals surface area contributed by atoms with Gasteiger partial charge in [0.25, 0.3) is 0 Å². The summed E-state index contributed by atoms with van der Waals surface area (Å²) in [5, 5.41) is 22.1. The number of rotatable bonds is 4. The Labute approximate surface area is 162 Å². The summed E-state index contributed by atoms with van der Waals surface area (Å²) in [4.78, 5) is 0. The molecule has 2 aromatic carbocycles. The molecule has 0 amide bonds. The van der Waals surface area contributed by atoms with Gasteiger partial charge in [0.05, 0.1) is 14.2 Å². The maximum atomic E-state index is 11.1. The predicted octanol–water partition coefficient (Wildman–Crippen LogP) is 5.09. The van der Waals surface area contributed by atoms with Crippen molar-refractivity contribution < 1.29 is 19.7 Å². The van der Waals surface area contributed by atoms with Gasteiger partial charge in [-0.25, -0.2) is 0 Å². The SMILES string of the molecule is COc1cc(OC)cc(C(O)c2cc(C(C)(C)C)cc(C(C)(C)C)c2O)c1. The van der Waals surface area contributed by atoms with Gasteiger partial charge in [0, 0.05) is 11.6 Å². The Hall–Kier alpha value is -2.20. The van der Waals surface area contributed by atoms with E-state index in [1.165, 1.54) is 0 Å². The Kier molecular flexibility index (Phi) is 5.81. The fourth-order valence-electron chi connectivity index (χ4n) is 3.04. The number of aliphatic hydroxyl groups is 1. The van der Waals surface area contributed by atoms with E-state index >= 15 is 0 Å². The molecular weight excluding hydrogens is 340 g/mol. The van der Waals surface area contributed by atoms with Crippen molar-refractivity contribution in [3.05, 3.63) is 52.6 Å². The summed E-state index contributed by atoms with van der Waals surface area (Å²) in [5.41, 5.74) is 2.60. The van der Waals surface area contributed by atoms with E-state index in [0.29, 0.717) is 22.6 Å². The van der Waals surface area contributed by atoms with Gasteiger partial charge in [0.2, 0.25) is 0 Å². The van der Waals surface area contributed by atoms with Crippen LogP contribution in [0.25, 0.3) is 0 Å². The average Bonchev–Trinajstić information content (AvgIpc) is 2.58. The number of methoxy groups -OCH3 is 2. The Bertz CT molecular complexity index is 788. The molecule has 0 radical (unpaired) electrons. The number of phenols is 1. The van der Waals surface area contributed by atoms with Crippen LogP contribution in [0.5, 0.6) is 17.2 Å². The van der Waals surface area contributed by atoms with Gasteiger partial charge >= 0.3 is 0 Å². The first kappa shape index (κ1) is 21.1. The highest BCUT2D eigenvalue weighted by atomic mass is 16.5. The molecule has 0 spiro atoms. The zero-order valence-corrected chi connectivity index (χ0v) is 17.7. The van der Waals surface area contributed by atoms with Crippen LogP contribution >= 0.6 is 0 Å². The molecule has 4 heteroatoms. The van der Waals surface area contributed by atoms with E-state index in [2.05, 4.69) is 41.5 Å². The highest BCUT2D eigenvalue weighted by Crippen LogP contribution is 2.42. The van der Waals surface area contributed by atoms with Crippen LogP contribution in [-0.4, -0.2) is 24.4 Å². The van der Waals surface area contributed by atoms with Crippen molar-refractivity contribution in [3.63, 3.8) is 0 Å². The van der Waals surface area contributed by atoms with E-state index in [-0.39, 0.29) is 16.6 Å². The molecule has 1 unspecified atom stereocenters. The van der Waals surface area contributed by atoms with Crippen molar-refractivity contribution in [1.82, 2.24) is 0 Å². The molecule has 0 aliphatic heterocycles. The van der Waals surface area contributed by atoms with Crippen molar-refractivity contribution in [2.45, 2.75) is 58.5 Å². The Morgan fingerprint density at radius 1 is 0.778 bits per heavy atom. The third kappa shape index (κ3) is 4.56. The van der Waals surface area contributed by atoms with Crippen molar-refractivity contribution in [2.75, 3.05) is 14.2 Å². The summed E-state index contributed by atoms with van der Waals surface area (Å²) in [6, 6.07) is 9.20. The van der Waals surface area contributed by atoms with E-state index in [9.17, 15) is 10.2 Å². The highest BCUT2D eigenvalue weighted by molar-refractivity contribution is 5.52. The number of benzene rings is 2. The average molecular weight is 373 g/mol. The van der Waals surface area contributed by atoms with Crippen LogP contribution in [0.2, 0.25) is 0 Å². The summed E-state index contributed by atoms with van der Waals surface area (Å²) in [5.74, 6) is 1.31. The largest absolute Gasteiger partial charge is 0.507 e. The number of phenolic OH excluding ortho intramolecular Hbond substituents is 1. The summed E-state index contributed by atoms with van der Waals surface area (Å²) in [6.07, 6.45) is -1.00. The van der Waals surface area contributed by atoms with E-state index in [4.69, 9.17) is 9.47 Å². The van der Waals surface area contributed by atoms with Crippen LogP contribution in [-0.2, 0) is 10.8 Å². The van der Waals surface area contributed by atoms with Crippen LogP contribution in [0.3, 0.4) is 0 Å². The number of aromatic hydroxyl groups is 1. The van der Waals surface area contributed by atoms with Gasteiger partial charge in [-0.2, -0.15) is 0 Å². The predicted molar refractivity (Wildman–Crippen MR) is 109 cm³/mol. The van der Waals surface area contributed by atoms with E-state index in [1.807, 2.05) is 12.1 Å². The van der Waals surface area contributed by atoms with E-state index in [1.54, 1.807) is 32.4 Å². The summed E-state index contributed by atoms with van der Waals surface area (Å²) >= 11 is 0. The van der Waals surface area contributed by atoms with Crippen LogP contribution in [0, 0.1) is 0 Å². The molecule has 1 atom stereocenters. The second kappa shape index (κ2) is 7.43. The minimum atomic E-state index is -1.00. The molecule has 2 rings (SSSR count). The van der Waals surface area contributed by atoms with Crippen molar-refractivity contribution in [3.8, 4) is 17.2 Å². The van der Waals surface area contributed by atoms with Gasteiger partial charge in [-0.3, -0.25) is 0 Å². The van der Waals surface area contributed by atoms with Crippen LogP contribution in [0.15, 0.2) is 30.3 Å². The molecule has 2 N–H and O–H groups in total. The molecule has 4 nitrogen and oxygen atoms in total. The van der Waals surface area contributed by atoms with Crippen molar-refractivity contribution >= 4 is 0 Å². The van der Waals surface area contributed by atoms with Gasteiger partial charge in [-0.05, 0) is 45.7 Å². The smallest absolute Gasteiger partial charge is 0.125 e. The van der Waals surface area contributed by atoms with Gasteiger partial charge in [0.15, 0.2) is 0 Å².